The van der Waals surface area contributed by atoms with Gasteiger partial charge in [-0.05, 0) is 18.2 Å². The van der Waals surface area contributed by atoms with Crippen LogP contribution in [0.25, 0.3) is 0 Å². The number of hydrogen-bond donors (Lipinski definition) is 2. The molecular weight excluding hydrogens is 328 g/mol. The average Bonchev–Trinajstić information content (AvgIpc) is 2.95. The van der Waals surface area contributed by atoms with Gasteiger partial charge in [-0.25, -0.2) is 5.01 Å². The molecule has 1 aliphatic rings. The second-order valence-corrected chi connectivity index (χ2v) is 6.20. The average molecular weight is 344 g/mol. The molecule has 0 bridgehead atoms. The quantitative estimate of drug-likeness (QED) is 0.890. The minimum absolute atomic E-state index is 0.112. The molecule has 0 aliphatic carbocycles. The predicted molar refractivity (Wildman–Crippen MR) is 90.6 cm³/mol. The number of amides is 2. The Kier molecular flexibility index (Phi) is 4.61. The number of phenols is 1. The van der Waals surface area contributed by atoms with Crippen molar-refractivity contribution >= 4 is 23.6 Å². The first-order valence-corrected chi connectivity index (χ1v) is 8.32. The fourth-order valence-corrected chi connectivity index (χ4v) is 3.61. The molecule has 0 aromatic heterocycles. The van der Waals surface area contributed by atoms with Gasteiger partial charge in [0.25, 0.3) is 11.8 Å². The third kappa shape index (κ3) is 3.03. The maximum absolute atomic E-state index is 12.4. The highest BCUT2D eigenvalue weighted by molar-refractivity contribution is 8.00. The van der Waals surface area contributed by atoms with Crippen LogP contribution in [0.5, 0.6) is 11.5 Å². The summed E-state index contributed by atoms with van der Waals surface area (Å²) in [6.07, 6.45) is 0. The molecule has 0 radical (unpaired) electrons. The molecule has 124 valence electrons. The van der Waals surface area contributed by atoms with Crippen molar-refractivity contribution in [1.29, 1.82) is 0 Å². The van der Waals surface area contributed by atoms with Crippen LogP contribution in [0.3, 0.4) is 0 Å². The Labute approximate surface area is 143 Å². The van der Waals surface area contributed by atoms with E-state index in [-0.39, 0.29) is 28.3 Å². The molecule has 6 nitrogen and oxygen atoms in total. The molecule has 1 aliphatic heterocycles. The van der Waals surface area contributed by atoms with E-state index in [1.54, 1.807) is 19.2 Å². The van der Waals surface area contributed by atoms with E-state index in [1.165, 1.54) is 28.9 Å². The minimum Gasteiger partial charge on any atom is -0.507 e. The number of nitrogens with one attached hydrogen (secondary N) is 1. The van der Waals surface area contributed by atoms with Gasteiger partial charge >= 0.3 is 0 Å². The number of hydrogen-bond acceptors (Lipinski definition) is 5. The van der Waals surface area contributed by atoms with Gasteiger partial charge in [-0.3, -0.25) is 15.0 Å². The van der Waals surface area contributed by atoms with Gasteiger partial charge in [0.2, 0.25) is 0 Å². The van der Waals surface area contributed by atoms with Crippen molar-refractivity contribution in [3.8, 4) is 11.5 Å². The molecule has 2 aromatic carbocycles. The highest BCUT2D eigenvalue weighted by Gasteiger charge is 2.36. The van der Waals surface area contributed by atoms with Crippen molar-refractivity contribution in [1.82, 2.24) is 10.4 Å². The van der Waals surface area contributed by atoms with Crippen molar-refractivity contribution in [3.05, 3.63) is 59.7 Å². The van der Waals surface area contributed by atoms with Crippen molar-refractivity contribution in [3.63, 3.8) is 0 Å². The van der Waals surface area contributed by atoms with E-state index >= 15 is 0 Å². The zero-order valence-electron chi connectivity index (χ0n) is 12.9. The van der Waals surface area contributed by atoms with Gasteiger partial charge in [0, 0.05) is 5.56 Å². The van der Waals surface area contributed by atoms with E-state index in [0.29, 0.717) is 5.75 Å². The molecule has 2 aromatic rings. The number of phenolic OH excluding ortho intramolecular Hbond substituents is 1. The maximum Gasteiger partial charge on any atom is 0.273 e. The van der Waals surface area contributed by atoms with Gasteiger partial charge in [0.1, 0.15) is 16.9 Å². The van der Waals surface area contributed by atoms with Gasteiger partial charge in [-0.15, -0.1) is 11.8 Å². The molecular formula is C17H16N2O4S. The Morgan fingerprint density at radius 2 is 1.96 bits per heavy atom. The lowest BCUT2D eigenvalue weighted by molar-refractivity contribution is -0.130. The van der Waals surface area contributed by atoms with Crippen molar-refractivity contribution < 1.29 is 19.4 Å². The number of rotatable bonds is 4. The molecule has 1 fully saturated rings. The number of methoxy groups -OCH3 is 1. The lowest BCUT2D eigenvalue weighted by atomic mass is 10.2. The zero-order chi connectivity index (χ0) is 17.1. The van der Waals surface area contributed by atoms with Crippen LogP contribution in [0.1, 0.15) is 21.3 Å². The molecule has 1 heterocycles. The molecule has 1 saturated heterocycles. The largest absolute Gasteiger partial charge is 0.507 e. The molecule has 7 heteroatoms. The third-order valence-electron chi connectivity index (χ3n) is 3.64. The number of para-hydroxylation sites is 2. The number of thioether (sulfide) groups is 1. The summed E-state index contributed by atoms with van der Waals surface area (Å²) in [5.41, 5.74) is 3.51. The van der Waals surface area contributed by atoms with Crippen LogP contribution >= 0.6 is 11.8 Å². The zero-order valence-corrected chi connectivity index (χ0v) is 13.7. The SMILES string of the molecule is COc1ccccc1C1SCC(=O)N1NC(=O)c1ccccc1O. The van der Waals surface area contributed by atoms with Gasteiger partial charge < -0.3 is 9.84 Å². The number of carbonyl (C=O) groups excluding carboxylic acids is 2. The summed E-state index contributed by atoms with van der Waals surface area (Å²) in [4.78, 5) is 24.6. The molecule has 2 amide bonds. The summed E-state index contributed by atoms with van der Waals surface area (Å²) in [6.45, 7) is 0. The van der Waals surface area contributed by atoms with E-state index in [0.717, 1.165) is 5.56 Å². The van der Waals surface area contributed by atoms with Gasteiger partial charge in [-0.1, -0.05) is 30.3 Å². The first-order valence-electron chi connectivity index (χ1n) is 7.27. The summed E-state index contributed by atoms with van der Waals surface area (Å²) < 4.78 is 5.35. The Morgan fingerprint density at radius 3 is 2.71 bits per heavy atom. The monoisotopic (exact) mass is 344 g/mol. The number of benzene rings is 2. The minimum atomic E-state index is -0.538. The summed E-state index contributed by atoms with van der Waals surface area (Å²) in [5, 5.41) is 10.7. The highest BCUT2D eigenvalue weighted by Crippen LogP contribution is 2.41. The fraction of sp³-hybridized carbons (Fsp3) is 0.176. The molecule has 1 unspecified atom stereocenters. The van der Waals surface area contributed by atoms with E-state index < -0.39 is 5.91 Å². The summed E-state index contributed by atoms with van der Waals surface area (Å²) >= 11 is 1.40. The highest BCUT2D eigenvalue weighted by atomic mass is 32.2. The van der Waals surface area contributed by atoms with Crippen molar-refractivity contribution in [2.24, 2.45) is 0 Å². The maximum atomic E-state index is 12.4. The lowest BCUT2D eigenvalue weighted by Crippen LogP contribution is -2.44. The normalized spacial score (nSPS) is 17.0. The Balaban J connectivity index is 1.86. The van der Waals surface area contributed by atoms with Crippen LogP contribution in [0.2, 0.25) is 0 Å². The Bertz CT molecular complexity index is 781. The fourth-order valence-electron chi connectivity index (χ4n) is 2.48. The topological polar surface area (TPSA) is 78.9 Å². The van der Waals surface area contributed by atoms with E-state index in [9.17, 15) is 14.7 Å². The van der Waals surface area contributed by atoms with Gasteiger partial charge in [0.15, 0.2) is 0 Å². The number of ether oxygens (including phenoxy) is 1. The smallest absolute Gasteiger partial charge is 0.273 e. The van der Waals surface area contributed by atoms with Crippen molar-refractivity contribution in [2.75, 3.05) is 12.9 Å². The lowest BCUT2D eigenvalue weighted by Gasteiger charge is -2.25. The van der Waals surface area contributed by atoms with Gasteiger partial charge in [-0.2, -0.15) is 0 Å². The first kappa shape index (κ1) is 16.2. The van der Waals surface area contributed by atoms with E-state index in [4.69, 9.17) is 4.74 Å². The van der Waals surface area contributed by atoms with Crippen molar-refractivity contribution in [2.45, 2.75) is 5.37 Å². The van der Waals surface area contributed by atoms with E-state index in [1.807, 2.05) is 24.3 Å². The third-order valence-corrected chi connectivity index (χ3v) is 4.84. The predicted octanol–water partition coefficient (Wildman–Crippen LogP) is 2.32. The summed E-state index contributed by atoms with van der Waals surface area (Å²) in [6, 6.07) is 13.5. The standard InChI is InChI=1S/C17H16N2O4S/c1-23-14-9-5-3-7-12(14)17-19(15(21)10-24-17)18-16(22)11-6-2-4-8-13(11)20/h2-9,17,20H,10H2,1H3,(H,18,22). The van der Waals surface area contributed by atoms with Crippen LogP contribution in [0.15, 0.2) is 48.5 Å². The van der Waals surface area contributed by atoms with Crippen LogP contribution in [0, 0.1) is 0 Å². The summed E-state index contributed by atoms with van der Waals surface area (Å²) in [7, 11) is 1.56. The van der Waals surface area contributed by atoms with Gasteiger partial charge in [0.05, 0.1) is 18.4 Å². The molecule has 2 N–H and O–H groups in total. The first-order chi connectivity index (χ1) is 11.6. The molecule has 0 spiro atoms. The van der Waals surface area contributed by atoms with Crippen LogP contribution in [-0.2, 0) is 4.79 Å². The van der Waals surface area contributed by atoms with Crippen LogP contribution < -0.4 is 10.2 Å². The van der Waals surface area contributed by atoms with Crippen LogP contribution in [0.4, 0.5) is 0 Å². The molecule has 24 heavy (non-hydrogen) atoms. The summed E-state index contributed by atoms with van der Waals surface area (Å²) in [5.74, 6) is 0.0159. The Hall–Kier alpha value is -2.67. The number of aromatic hydroxyl groups is 1. The molecule has 1 atom stereocenters. The molecule has 3 rings (SSSR count). The van der Waals surface area contributed by atoms with E-state index in [2.05, 4.69) is 5.43 Å². The second kappa shape index (κ2) is 6.84. The number of carbonyl (C=O) groups is 2. The Morgan fingerprint density at radius 1 is 1.25 bits per heavy atom. The number of hydrazine groups is 1. The second-order valence-electron chi connectivity index (χ2n) is 5.13. The van der Waals surface area contributed by atoms with Crippen LogP contribution in [-0.4, -0.2) is 34.8 Å². The number of nitrogens with zero attached hydrogens (tertiary/aromatic N) is 1. The molecule has 0 saturated carbocycles.